The van der Waals surface area contributed by atoms with E-state index in [0.29, 0.717) is 5.69 Å². The predicted octanol–water partition coefficient (Wildman–Crippen LogP) is 2.87. The summed E-state index contributed by atoms with van der Waals surface area (Å²) in [7, 11) is 1.25. The quantitative estimate of drug-likeness (QED) is 0.532. The summed E-state index contributed by atoms with van der Waals surface area (Å²) in [6, 6.07) is 3.53. The molecule has 1 aromatic rings. The lowest BCUT2D eigenvalue weighted by molar-refractivity contribution is -0.135. The maximum absolute atomic E-state index is 12.1. The molecule has 27 heavy (non-hydrogen) atoms. The summed E-state index contributed by atoms with van der Waals surface area (Å²) < 4.78 is 4.47. The van der Waals surface area contributed by atoms with E-state index < -0.39 is 5.97 Å². The Labute approximate surface area is 159 Å². The van der Waals surface area contributed by atoms with E-state index in [2.05, 4.69) is 10.1 Å². The van der Waals surface area contributed by atoms with Crippen molar-refractivity contribution in [2.75, 3.05) is 12.4 Å². The zero-order valence-corrected chi connectivity index (χ0v) is 16.1. The number of ketones is 2. The second-order valence-electron chi connectivity index (χ2n) is 6.06. The number of hydrogen-bond acceptors (Lipinski definition) is 5. The molecule has 0 atom stereocenters. The highest BCUT2D eigenvalue weighted by atomic mass is 16.5. The standard InChI is InChI=1S/C21H25NO5/c1-5-6-18-15(3)19(22-20(25)11-7-14(2)23)10-8-16(18)13-17(24)9-12-21(26)27-4/h7-12H,5-6,13H2,1-4H3,(H,22,25)/b11-7-,12-9-. The van der Waals surface area contributed by atoms with Crippen LogP contribution < -0.4 is 5.32 Å². The number of anilines is 1. The van der Waals surface area contributed by atoms with Gasteiger partial charge in [0.1, 0.15) is 0 Å². The van der Waals surface area contributed by atoms with Crippen molar-refractivity contribution < 1.29 is 23.9 Å². The molecule has 1 aromatic carbocycles. The minimum absolute atomic E-state index is 0.155. The molecule has 1 rings (SSSR count). The van der Waals surface area contributed by atoms with Crippen LogP contribution in [0.3, 0.4) is 0 Å². The van der Waals surface area contributed by atoms with Crippen LogP contribution in [0.5, 0.6) is 0 Å². The first-order chi connectivity index (χ1) is 12.8. The van der Waals surface area contributed by atoms with Gasteiger partial charge in [-0.2, -0.15) is 0 Å². The van der Waals surface area contributed by atoms with Crippen molar-refractivity contribution in [3.05, 3.63) is 53.1 Å². The summed E-state index contributed by atoms with van der Waals surface area (Å²) in [6.07, 6.45) is 6.49. The normalized spacial score (nSPS) is 11.0. The number of allylic oxidation sites excluding steroid dienone is 2. The molecule has 0 aliphatic rings. The van der Waals surface area contributed by atoms with Crippen LogP contribution in [0.4, 0.5) is 5.69 Å². The first-order valence-electron chi connectivity index (χ1n) is 8.68. The van der Waals surface area contributed by atoms with Crippen LogP contribution in [0, 0.1) is 6.92 Å². The fourth-order valence-electron chi connectivity index (χ4n) is 2.56. The molecule has 0 saturated heterocycles. The van der Waals surface area contributed by atoms with Crippen LogP contribution in [0.1, 0.15) is 37.0 Å². The van der Waals surface area contributed by atoms with E-state index in [0.717, 1.165) is 35.6 Å². The van der Waals surface area contributed by atoms with Gasteiger partial charge in [-0.15, -0.1) is 0 Å². The molecule has 1 amide bonds. The van der Waals surface area contributed by atoms with Crippen LogP contribution in [-0.4, -0.2) is 30.6 Å². The average molecular weight is 371 g/mol. The zero-order valence-electron chi connectivity index (χ0n) is 16.1. The Morgan fingerprint density at radius 1 is 1.07 bits per heavy atom. The summed E-state index contributed by atoms with van der Waals surface area (Å²) in [6.45, 7) is 5.28. The second-order valence-corrected chi connectivity index (χ2v) is 6.06. The van der Waals surface area contributed by atoms with E-state index in [1.807, 2.05) is 13.8 Å². The van der Waals surface area contributed by atoms with Gasteiger partial charge >= 0.3 is 5.97 Å². The third-order valence-corrected chi connectivity index (χ3v) is 3.89. The first-order valence-corrected chi connectivity index (χ1v) is 8.68. The maximum atomic E-state index is 12.1. The maximum Gasteiger partial charge on any atom is 0.330 e. The molecular formula is C21H25NO5. The van der Waals surface area contributed by atoms with Gasteiger partial charge in [0, 0.05) is 24.3 Å². The highest BCUT2D eigenvalue weighted by molar-refractivity contribution is 6.04. The summed E-state index contributed by atoms with van der Waals surface area (Å²) in [5, 5.41) is 2.75. The number of methoxy groups -OCH3 is 1. The van der Waals surface area contributed by atoms with Crippen molar-refractivity contribution in [3.8, 4) is 0 Å². The monoisotopic (exact) mass is 371 g/mol. The number of carbonyl (C=O) groups is 4. The molecule has 0 fully saturated rings. The lowest BCUT2D eigenvalue weighted by atomic mass is 9.93. The molecule has 144 valence electrons. The molecule has 6 heteroatoms. The minimum Gasteiger partial charge on any atom is -0.466 e. The number of rotatable bonds is 9. The second kappa shape index (κ2) is 10.9. The third kappa shape index (κ3) is 7.40. The topological polar surface area (TPSA) is 89.5 Å². The minimum atomic E-state index is -0.579. The van der Waals surface area contributed by atoms with E-state index in [9.17, 15) is 19.2 Å². The van der Waals surface area contributed by atoms with Crippen molar-refractivity contribution in [2.45, 2.75) is 40.0 Å². The Balaban J connectivity index is 3.04. The smallest absolute Gasteiger partial charge is 0.330 e. The first kappa shape index (κ1) is 22.0. The van der Waals surface area contributed by atoms with Gasteiger partial charge in [-0.1, -0.05) is 19.4 Å². The van der Waals surface area contributed by atoms with Gasteiger partial charge in [-0.05, 0) is 55.2 Å². The van der Waals surface area contributed by atoms with E-state index >= 15 is 0 Å². The van der Waals surface area contributed by atoms with Crippen LogP contribution in [0.15, 0.2) is 36.4 Å². The fourth-order valence-corrected chi connectivity index (χ4v) is 2.56. The van der Waals surface area contributed by atoms with Gasteiger partial charge in [0.15, 0.2) is 11.6 Å². The molecule has 0 aliphatic heterocycles. The number of benzene rings is 1. The molecule has 0 unspecified atom stereocenters. The van der Waals surface area contributed by atoms with Gasteiger partial charge in [0.25, 0.3) is 0 Å². The van der Waals surface area contributed by atoms with Crippen LogP contribution in [-0.2, 0) is 36.8 Å². The molecule has 0 radical (unpaired) electrons. The summed E-state index contributed by atoms with van der Waals surface area (Å²) in [5.74, 6) is -1.38. The Bertz CT molecular complexity index is 790. The summed E-state index contributed by atoms with van der Waals surface area (Å²) in [5.41, 5.74) is 3.36. The van der Waals surface area contributed by atoms with Crippen molar-refractivity contribution in [3.63, 3.8) is 0 Å². The zero-order chi connectivity index (χ0) is 20.4. The SMILES string of the molecule is CCCc1c(CC(=O)/C=C\C(=O)OC)ccc(NC(=O)/C=C\C(C)=O)c1C. The molecule has 1 N–H and O–H groups in total. The number of ether oxygens (including phenoxy) is 1. The Morgan fingerprint density at radius 3 is 2.37 bits per heavy atom. The third-order valence-electron chi connectivity index (χ3n) is 3.89. The molecule has 0 saturated carbocycles. The highest BCUT2D eigenvalue weighted by Gasteiger charge is 2.13. The van der Waals surface area contributed by atoms with E-state index in [1.165, 1.54) is 32.3 Å². The molecule has 6 nitrogen and oxygen atoms in total. The van der Waals surface area contributed by atoms with Gasteiger partial charge in [0.05, 0.1) is 7.11 Å². The van der Waals surface area contributed by atoms with Crippen LogP contribution >= 0.6 is 0 Å². The van der Waals surface area contributed by atoms with E-state index in [4.69, 9.17) is 0 Å². The van der Waals surface area contributed by atoms with Gasteiger partial charge in [-0.25, -0.2) is 4.79 Å². The van der Waals surface area contributed by atoms with Crippen molar-refractivity contribution in [2.24, 2.45) is 0 Å². The Hall–Kier alpha value is -3.02. The van der Waals surface area contributed by atoms with E-state index in [-0.39, 0.29) is 23.9 Å². The van der Waals surface area contributed by atoms with Crippen LogP contribution in [0.25, 0.3) is 0 Å². The number of carbonyl (C=O) groups excluding carboxylic acids is 4. The highest BCUT2D eigenvalue weighted by Crippen LogP contribution is 2.25. The molecule has 0 aromatic heterocycles. The predicted molar refractivity (Wildman–Crippen MR) is 103 cm³/mol. The van der Waals surface area contributed by atoms with Gasteiger partial charge in [0.2, 0.25) is 5.91 Å². The number of amides is 1. The molecule has 0 heterocycles. The molecule has 0 bridgehead atoms. The Morgan fingerprint density at radius 2 is 1.78 bits per heavy atom. The number of nitrogens with one attached hydrogen (secondary N) is 1. The van der Waals surface area contributed by atoms with Crippen molar-refractivity contribution in [1.82, 2.24) is 0 Å². The Kier molecular flexibility index (Phi) is 8.85. The lowest BCUT2D eigenvalue weighted by Crippen LogP contribution is -2.12. The largest absolute Gasteiger partial charge is 0.466 e. The molecular weight excluding hydrogens is 346 g/mol. The summed E-state index contributed by atoms with van der Waals surface area (Å²) in [4.78, 5) is 46.1. The molecule has 0 spiro atoms. The summed E-state index contributed by atoms with van der Waals surface area (Å²) >= 11 is 0. The van der Waals surface area contributed by atoms with Crippen molar-refractivity contribution in [1.29, 1.82) is 0 Å². The fraction of sp³-hybridized carbons (Fsp3) is 0.333. The van der Waals surface area contributed by atoms with Crippen molar-refractivity contribution >= 4 is 29.1 Å². The van der Waals surface area contributed by atoms with Crippen LogP contribution in [0.2, 0.25) is 0 Å². The molecule has 0 aliphatic carbocycles. The van der Waals surface area contributed by atoms with E-state index in [1.54, 1.807) is 12.1 Å². The van der Waals surface area contributed by atoms with Gasteiger partial charge < -0.3 is 10.1 Å². The van der Waals surface area contributed by atoms with Gasteiger partial charge in [-0.3, -0.25) is 14.4 Å². The lowest BCUT2D eigenvalue weighted by Gasteiger charge is -2.16. The average Bonchev–Trinajstić information content (AvgIpc) is 2.63. The number of hydrogen-bond donors (Lipinski definition) is 1. The number of esters is 1.